The van der Waals surface area contributed by atoms with Gasteiger partial charge in [0.2, 0.25) is 5.91 Å². The van der Waals surface area contributed by atoms with Crippen molar-refractivity contribution in [2.45, 2.75) is 6.92 Å². The average Bonchev–Trinajstić information content (AvgIpc) is 3.28. The number of rotatable bonds is 4. The van der Waals surface area contributed by atoms with Crippen LogP contribution in [0.4, 0.5) is 5.69 Å². The van der Waals surface area contributed by atoms with Crippen molar-refractivity contribution in [3.05, 3.63) is 46.4 Å². The Hall–Kier alpha value is -2.71. The smallest absolute Gasteiger partial charge is 0.268 e. The minimum atomic E-state index is -0.269. The van der Waals surface area contributed by atoms with Gasteiger partial charge in [-0.05, 0) is 42.6 Å². The van der Waals surface area contributed by atoms with Gasteiger partial charge in [-0.2, -0.15) is 0 Å². The van der Waals surface area contributed by atoms with Gasteiger partial charge in [0.15, 0.2) is 0 Å². The molecule has 26 heavy (non-hydrogen) atoms. The number of hydrogen-bond donors (Lipinski definition) is 2. The predicted molar refractivity (Wildman–Crippen MR) is 106 cm³/mol. The van der Waals surface area contributed by atoms with Gasteiger partial charge < -0.3 is 15.2 Å². The van der Waals surface area contributed by atoms with E-state index in [1.54, 1.807) is 22.7 Å². The molecule has 4 rings (SSSR count). The zero-order valence-electron chi connectivity index (χ0n) is 14.2. The van der Waals surface area contributed by atoms with Gasteiger partial charge in [0.25, 0.3) is 5.91 Å². The summed E-state index contributed by atoms with van der Waals surface area (Å²) in [5.74, 6) is -0.533. The van der Waals surface area contributed by atoms with E-state index in [9.17, 15) is 9.59 Å². The Morgan fingerprint density at radius 1 is 1.19 bits per heavy atom. The van der Waals surface area contributed by atoms with E-state index < -0.39 is 0 Å². The number of amides is 2. The Morgan fingerprint density at radius 2 is 2.04 bits per heavy atom. The maximum atomic E-state index is 12.4. The van der Waals surface area contributed by atoms with Crippen molar-refractivity contribution in [1.82, 2.24) is 14.9 Å². The monoisotopic (exact) mass is 384 g/mol. The molecule has 0 aliphatic rings. The van der Waals surface area contributed by atoms with E-state index >= 15 is 0 Å². The quantitative estimate of drug-likeness (QED) is 0.565. The molecule has 4 aromatic rings. The zero-order valence-corrected chi connectivity index (χ0v) is 15.8. The minimum absolute atomic E-state index is 0.0859. The zero-order chi connectivity index (χ0) is 18.3. The second kappa shape index (κ2) is 6.54. The van der Waals surface area contributed by atoms with E-state index in [1.807, 2.05) is 54.3 Å². The molecular formula is C18H16N4O2S2. The van der Waals surface area contributed by atoms with E-state index in [0.29, 0.717) is 11.4 Å². The molecule has 0 spiro atoms. The molecule has 0 aliphatic carbocycles. The highest BCUT2D eigenvalue weighted by Crippen LogP contribution is 2.25. The normalized spacial score (nSPS) is 11.2. The molecule has 2 amide bonds. The molecule has 8 heteroatoms. The third kappa shape index (κ3) is 3.09. The number of fused-ring (bicyclic) bond motifs is 2. The van der Waals surface area contributed by atoms with Gasteiger partial charge in [0.05, 0.1) is 32.0 Å². The summed E-state index contributed by atoms with van der Waals surface area (Å²) < 4.78 is 3.91. The summed E-state index contributed by atoms with van der Waals surface area (Å²) in [4.78, 5) is 28.9. The maximum absolute atomic E-state index is 12.4. The molecule has 1 aromatic carbocycles. The van der Waals surface area contributed by atoms with Crippen molar-refractivity contribution >= 4 is 60.6 Å². The Kier molecular flexibility index (Phi) is 4.21. The first-order valence-corrected chi connectivity index (χ1v) is 9.69. The van der Waals surface area contributed by atoms with Gasteiger partial charge in [0, 0.05) is 12.7 Å². The molecule has 132 valence electrons. The number of aryl methyl sites for hydroxylation is 2. The summed E-state index contributed by atoms with van der Waals surface area (Å²) >= 11 is 3.16. The predicted octanol–water partition coefficient (Wildman–Crippen LogP) is 3.53. The standard InChI is InChI=1S/C18H16N4O2S2/c1-10-20-12-4-3-11(7-15(12)26-10)21-17(23)9-19-18(24)14-8-16-13(22(14)2)5-6-25-16/h3-8H,9H2,1-2H3,(H,19,24)(H,21,23). The summed E-state index contributed by atoms with van der Waals surface area (Å²) in [6, 6.07) is 9.40. The lowest BCUT2D eigenvalue weighted by Crippen LogP contribution is -2.33. The molecule has 3 heterocycles. The average molecular weight is 384 g/mol. The molecule has 2 N–H and O–H groups in total. The van der Waals surface area contributed by atoms with Crippen LogP contribution in [0, 0.1) is 6.92 Å². The fourth-order valence-electron chi connectivity index (χ4n) is 2.84. The first-order valence-electron chi connectivity index (χ1n) is 7.99. The second-order valence-corrected chi connectivity index (χ2v) is 8.09. The Balaban J connectivity index is 1.40. The van der Waals surface area contributed by atoms with E-state index in [2.05, 4.69) is 15.6 Å². The van der Waals surface area contributed by atoms with Crippen LogP contribution in [0.15, 0.2) is 35.7 Å². The van der Waals surface area contributed by atoms with Gasteiger partial charge >= 0.3 is 0 Å². The highest BCUT2D eigenvalue weighted by Gasteiger charge is 2.15. The number of hydrogen-bond acceptors (Lipinski definition) is 5. The first-order chi connectivity index (χ1) is 12.5. The van der Waals surface area contributed by atoms with Crippen LogP contribution in [-0.2, 0) is 11.8 Å². The fourth-order valence-corrected chi connectivity index (χ4v) is 4.56. The molecular weight excluding hydrogens is 368 g/mol. The van der Waals surface area contributed by atoms with Crippen LogP contribution >= 0.6 is 22.7 Å². The van der Waals surface area contributed by atoms with Gasteiger partial charge in [-0.1, -0.05) is 0 Å². The van der Waals surface area contributed by atoms with E-state index in [-0.39, 0.29) is 18.4 Å². The van der Waals surface area contributed by atoms with E-state index in [0.717, 1.165) is 25.4 Å². The molecule has 0 fully saturated rings. The summed E-state index contributed by atoms with van der Waals surface area (Å²) in [5, 5.41) is 8.45. The summed E-state index contributed by atoms with van der Waals surface area (Å²) in [5.41, 5.74) is 3.17. The van der Waals surface area contributed by atoms with Crippen LogP contribution in [-0.4, -0.2) is 27.9 Å². The Morgan fingerprint density at radius 3 is 2.85 bits per heavy atom. The van der Waals surface area contributed by atoms with Crippen molar-refractivity contribution in [2.24, 2.45) is 7.05 Å². The molecule has 6 nitrogen and oxygen atoms in total. The lowest BCUT2D eigenvalue weighted by molar-refractivity contribution is -0.115. The van der Waals surface area contributed by atoms with Crippen LogP contribution in [0.1, 0.15) is 15.5 Å². The number of carbonyl (C=O) groups excluding carboxylic acids is 2. The lowest BCUT2D eigenvalue weighted by Gasteiger charge is -2.08. The highest BCUT2D eigenvalue weighted by molar-refractivity contribution is 7.18. The van der Waals surface area contributed by atoms with Crippen molar-refractivity contribution in [3.63, 3.8) is 0 Å². The number of benzene rings is 1. The number of nitrogens with zero attached hydrogens (tertiary/aromatic N) is 2. The van der Waals surface area contributed by atoms with Crippen LogP contribution in [0.2, 0.25) is 0 Å². The SMILES string of the molecule is Cc1nc2ccc(NC(=O)CNC(=O)c3cc4sccc4n3C)cc2s1. The molecule has 0 bridgehead atoms. The van der Waals surface area contributed by atoms with Gasteiger partial charge in [-0.25, -0.2) is 4.98 Å². The molecule has 0 atom stereocenters. The summed E-state index contributed by atoms with van der Waals surface area (Å²) in [7, 11) is 1.84. The maximum Gasteiger partial charge on any atom is 0.268 e. The Labute approximate surface area is 157 Å². The number of thiazole rings is 1. The van der Waals surface area contributed by atoms with Crippen molar-refractivity contribution in [3.8, 4) is 0 Å². The topological polar surface area (TPSA) is 76.0 Å². The number of nitrogens with one attached hydrogen (secondary N) is 2. The Bertz CT molecular complexity index is 1140. The van der Waals surface area contributed by atoms with Crippen LogP contribution < -0.4 is 10.6 Å². The molecule has 0 aliphatic heterocycles. The third-order valence-corrected chi connectivity index (χ3v) is 5.87. The van der Waals surface area contributed by atoms with E-state index in [1.165, 1.54) is 0 Å². The molecule has 3 aromatic heterocycles. The molecule has 0 saturated carbocycles. The molecule has 0 saturated heterocycles. The third-order valence-electron chi connectivity index (χ3n) is 4.09. The largest absolute Gasteiger partial charge is 0.342 e. The van der Waals surface area contributed by atoms with Gasteiger partial charge in [-0.3, -0.25) is 9.59 Å². The molecule has 0 unspecified atom stereocenters. The van der Waals surface area contributed by atoms with Crippen LogP contribution in [0.25, 0.3) is 20.4 Å². The van der Waals surface area contributed by atoms with Crippen molar-refractivity contribution in [2.75, 3.05) is 11.9 Å². The lowest BCUT2D eigenvalue weighted by atomic mass is 10.3. The fraction of sp³-hybridized carbons (Fsp3) is 0.167. The number of thiophene rings is 1. The number of anilines is 1. The van der Waals surface area contributed by atoms with Crippen LogP contribution in [0.5, 0.6) is 0 Å². The van der Waals surface area contributed by atoms with Crippen molar-refractivity contribution in [1.29, 1.82) is 0 Å². The minimum Gasteiger partial charge on any atom is -0.342 e. The number of aromatic nitrogens is 2. The number of carbonyl (C=O) groups is 2. The first kappa shape index (κ1) is 16.7. The van der Waals surface area contributed by atoms with Crippen molar-refractivity contribution < 1.29 is 9.59 Å². The second-order valence-electron chi connectivity index (χ2n) is 5.90. The van der Waals surface area contributed by atoms with Gasteiger partial charge in [0.1, 0.15) is 5.69 Å². The molecule has 0 radical (unpaired) electrons. The van der Waals surface area contributed by atoms with E-state index in [4.69, 9.17) is 0 Å². The van der Waals surface area contributed by atoms with Crippen LogP contribution in [0.3, 0.4) is 0 Å². The summed E-state index contributed by atoms with van der Waals surface area (Å²) in [6.45, 7) is 1.86. The van der Waals surface area contributed by atoms with Gasteiger partial charge in [-0.15, -0.1) is 22.7 Å². The summed E-state index contributed by atoms with van der Waals surface area (Å²) in [6.07, 6.45) is 0. The highest BCUT2D eigenvalue weighted by atomic mass is 32.1.